The van der Waals surface area contributed by atoms with E-state index in [0.717, 1.165) is 6.42 Å². The molecule has 6 nitrogen and oxygen atoms in total. The lowest BCUT2D eigenvalue weighted by atomic mass is 10.1. The molecular weight excluding hydrogens is 346 g/mol. The number of carbonyl (C=O) groups is 1. The molecule has 0 fully saturated rings. The van der Waals surface area contributed by atoms with E-state index in [4.69, 9.17) is 30.5 Å². The van der Waals surface area contributed by atoms with E-state index in [-0.39, 0.29) is 24.9 Å². The van der Waals surface area contributed by atoms with Gasteiger partial charge in [-0.3, -0.25) is 0 Å². The molecule has 0 bridgehead atoms. The maximum absolute atomic E-state index is 11.9. The van der Waals surface area contributed by atoms with Gasteiger partial charge in [-0.2, -0.15) is 5.26 Å². The molecule has 0 N–H and O–H groups in total. The first-order valence-corrected chi connectivity index (χ1v) is 8.16. The van der Waals surface area contributed by atoms with Gasteiger partial charge in [0, 0.05) is 7.11 Å². The lowest BCUT2D eigenvalue weighted by Gasteiger charge is -2.17. The van der Waals surface area contributed by atoms with Gasteiger partial charge in [-0.1, -0.05) is 18.5 Å². The minimum absolute atomic E-state index is 0.0294. The average molecular weight is 368 g/mol. The number of hydrogen-bond acceptors (Lipinski definition) is 6. The van der Waals surface area contributed by atoms with Crippen LogP contribution in [0, 0.1) is 11.3 Å². The fraction of sp³-hybridized carbons (Fsp3) is 0.444. The second kappa shape index (κ2) is 10.6. The smallest absolute Gasteiger partial charge is 0.348 e. The van der Waals surface area contributed by atoms with Crippen molar-refractivity contribution in [3.63, 3.8) is 0 Å². The molecule has 1 aromatic rings. The minimum Gasteiger partial charge on any atom is -0.493 e. The van der Waals surface area contributed by atoms with Crippen molar-refractivity contribution in [2.75, 3.05) is 27.4 Å². The van der Waals surface area contributed by atoms with Gasteiger partial charge in [-0.05, 0) is 37.1 Å². The van der Waals surface area contributed by atoms with Gasteiger partial charge in [0.25, 0.3) is 0 Å². The number of halogens is 1. The second-order valence-electron chi connectivity index (χ2n) is 5.17. The van der Waals surface area contributed by atoms with E-state index in [1.807, 2.05) is 19.9 Å². The third kappa shape index (κ3) is 6.29. The molecule has 0 heterocycles. The highest BCUT2D eigenvalue weighted by Crippen LogP contribution is 2.38. The molecule has 0 spiro atoms. The van der Waals surface area contributed by atoms with Crippen molar-refractivity contribution < 1.29 is 23.7 Å². The molecule has 0 saturated carbocycles. The molecule has 0 amide bonds. The standard InChI is InChI=1S/C18H22ClNO5/c1-5-12(2)25-17-15(19)9-13(10-16(17)23-4)8-14(11-20)18(21)24-7-6-22-3/h8-10,12H,5-7H2,1-4H3/b14-8+/t12-/m1/s1. The number of rotatable bonds is 9. The van der Waals surface area contributed by atoms with Crippen LogP contribution < -0.4 is 9.47 Å². The summed E-state index contributed by atoms with van der Waals surface area (Å²) in [5.41, 5.74) is 0.378. The summed E-state index contributed by atoms with van der Waals surface area (Å²) < 4.78 is 20.8. The van der Waals surface area contributed by atoms with Crippen LogP contribution >= 0.6 is 11.6 Å². The summed E-state index contributed by atoms with van der Waals surface area (Å²) in [7, 11) is 2.99. The zero-order chi connectivity index (χ0) is 18.8. The molecule has 0 aliphatic heterocycles. The van der Waals surface area contributed by atoms with Crippen LogP contribution in [0.5, 0.6) is 11.5 Å². The van der Waals surface area contributed by atoms with Gasteiger partial charge in [0.1, 0.15) is 18.2 Å². The highest BCUT2D eigenvalue weighted by molar-refractivity contribution is 6.32. The Labute approximate surface area is 152 Å². The Morgan fingerprint density at radius 1 is 1.36 bits per heavy atom. The van der Waals surface area contributed by atoms with Gasteiger partial charge >= 0.3 is 5.97 Å². The molecular formula is C18H22ClNO5. The first-order chi connectivity index (χ1) is 12.0. The molecule has 1 rings (SSSR count). The third-order valence-corrected chi connectivity index (χ3v) is 3.60. The van der Waals surface area contributed by atoms with E-state index in [0.29, 0.717) is 22.1 Å². The third-order valence-electron chi connectivity index (χ3n) is 3.32. The number of benzene rings is 1. The van der Waals surface area contributed by atoms with E-state index >= 15 is 0 Å². The van der Waals surface area contributed by atoms with Crippen molar-refractivity contribution in [3.05, 3.63) is 28.3 Å². The Kier molecular flexibility index (Phi) is 8.82. The zero-order valence-corrected chi connectivity index (χ0v) is 15.6. The lowest BCUT2D eigenvalue weighted by molar-refractivity contribution is -0.139. The van der Waals surface area contributed by atoms with E-state index in [9.17, 15) is 10.1 Å². The lowest BCUT2D eigenvalue weighted by Crippen LogP contribution is -2.11. The molecule has 0 radical (unpaired) electrons. The Morgan fingerprint density at radius 2 is 2.08 bits per heavy atom. The quantitative estimate of drug-likeness (QED) is 0.287. The van der Waals surface area contributed by atoms with Crippen LogP contribution in [-0.2, 0) is 14.3 Å². The molecule has 7 heteroatoms. The summed E-state index contributed by atoms with van der Waals surface area (Å²) in [5.74, 6) is 0.121. The number of nitriles is 1. The van der Waals surface area contributed by atoms with Crippen molar-refractivity contribution in [2.45, 2.75) is 26.4 Å². The first-order valence-electron chi connectivity index (χ1n) is 7.78. The molecule has 1 aromatic carbocycles. The van der Waals surface area contributed by atoms with Gasteiger partial charge in [0.15, 0.2) is 11.5 Å². The fourth-order valence-electron chi connectivity index (χ4n) is 1.82. The monoisotopic (exact) mass is 367 g/mol. The maximum atomic E-state index is 11.9. The largest absolute Gasteiger partial charge is 0.493 e. The van der Waals surface area contributed by atoms with Crippen LogP contribution in [0.1, 0.15) is 25.8 Å². The van der Waals surface area contributed by atoms with Gasteiger partial charge in [-0.15, -0.1) is 0 Å². The molecule has 0 saturated heterocycles. The number of carbonyl (C=O) groups excluding carboxylic acids is 1. The van der Waals surface area contributed by atoms with E-state index in [1.165, 1.54) is 20.3 Å². The van der Waals surface area contributed by atoms with Gasteiger partial charge < -0.3 is 18.9 Å². The normalized spacial score (nSPS) is 12.2. The summed E-state index contributed by atoms with van der Waals surface area (Å²) >= 11 is 6.27. The Morgan fingerprint density at radius 3 is 2.64 bits per heavy atom. The van der Waals surface area contributed by atoms with Crippen LogP contribution in [0.4, 0.5) is 0 Å². The number of hydrogen-bond donors (Lipinski definition) is 0. The highest BCUT2D eigenvalue weighted by atomic mass is 35.5. The molecule has 25 heavy (non-hydrogen) atoms. The highest BCUT2D eigenvalue weighted by Gasteiger charge is 2.16. The summed E-state index contributed by atoms with van der Waals surface area (Å²) in [6.07, 6.45) is 2.17. The second-order valence-corrected chi connectivity index (χ2v) is 5.58. The summed E-state index contributed by atoms with van der Waals surface area (Å²) in [5, 5.41) is 9.51. The van der Waals surface area contributed by atoms with E-state index < -0.39 is 5.97 Å². The number of nitrogens with zero attached hydrogens (tertiary/aromatic N) is 1. The van der Waals surface area contributed by atoms with Crippen molar-refractivity contribution in [3.8, 4) is 17.6 Å². The Hall–Kier alpha value is -2.23. The minimum atomic E-state index is -0.727. The predicted octanol–water partition coefficient (Wildman–Crippen LogP) is 3.62. The van der Waals surface area contributed by atoms with Gasteiger partial charge in [-0.25, -0.2) is 4.79 Å². The van der Waals surface area contributed by atoms with Gasteiger partial charge in [0.2, 0.25) is 0 Å². The van der Waals surface area contributed by atoms with Crippen LogP contribution in [-0.4, -0.2) is 39.5 Å². The van der Waals surface area contributed by atoms with Crippen molar-refractivity contribution in [2.24, 2.45) is 0 Å². The summed E-state index contributed by atoms with van der Waals surface area (Å²) in [4.78, 5) is 11.9. The Balaban J connectivity index is 3.10. The molecule has 0 unspecified atom stereocenters. The molecule has 1 atom stereocenters. The van der Waals surface area contributed by atoms with Crippen LogP contribution in [0.2, 0.25) is 5.02 Å². The van der Waals surface area contributed by atoms with Crippen molar-refractivity contribution in [1.82, 2.24) is 0 Å². The number of esters is 1. The van der Waals surface area contributed by atoms with E-state index in [2.05, 4.69) is 0 Å². The fourth-order valence-corrected chi connectivity index (χ4v) is 2.08. The predicted molar refractivity (Wildman–Crippen MR) is 94.8 cm³/mol. The average Bonchev–Trinajstić information content (AvgIpc) is 2.61. The van der Waals surface area contributed by atoms with Crippen LogP contribution in [0.3, 0.4) is 0 Å². The maximum Gasteiger partial charge on any atom is 0.348 e. The molecule has 0 aromatic heterocycles. The number of methoxy groups -OCH3 is 2. The molecule has 0 aliphatic carbocycles. The first kappa shape index (κ1) is 20.8. The van der Waals surface area contributed by atoms with Crippen LogP contribution in [0.15, 0.2) is 17.7 Å². The van der Waals surface area contributed by atoms with Crippen LogP contribution in [0.25, 0.3) is 6.08 Å². The molecule has 0 aliphatic rings. The summed E-state index contributed by atoms with van der Waals surface area (Å²) in [6.45, 7) is 4.25. The summed E-state index contributed by atoms with van der Waals surface area (Å²) in [6, 6.07) is 5.06. The van der Waals surface area contributed by atoms with Crippen molar-refractivity contribution >= 4 is 23.6 Å². The topological polar surface area (TPSA) is 77.8 Å². The van der Waals surface area contributed by atoms with E-state index in [1.54, 1.807) is 12.1 Å². The van der Waals surface area contributed by atoms with Crippen molar-refractivity contribution in [1.29, 1.82) is 5.26 Å². The SMILES string of the molecule is CC[C@@H](C)Oc1c(Cl)cc(/C=C(\C#N)C(=O)OCCOC)cc1OC. The number of ether oxygens (including phenoxy) is 4. The van der Waals surface area contributed by atoms with Gasteiger partial charge in [0.05, 0.1) is 24.8 Å². The Bertz CT molecular complexity index is 666. The molecule has 136 valence electrons. The zero-order valence-electron chi connectivity index (χ0n) is 14.8.